The van der Waals surface area contributed by atoms with Crippen LogP contribution in [0.4, 0.5) is 0 Å². The van der Waals surface area contributed by atoms with E-state index in [2.05, 4.69) is 26.0 Å². The van der Waals surface area contributed by atoms with Crippen LogP contribution in [-0.2, 0) is 11.2 Å². The molecule has 0 aliphatic carbocycles. The molecule has 1 aromatic carbocycles. The smallest absolute Gasteiger partial charge is 0.168 e. The molecule has 0 bridgehead atoms. The minimum Gasteiger partial charge on any atom is -0.381 e. The van der Waals surface area contributed by atoms with Crippen LogP contribution in [0.5, 0.6) is 0 Å². The molecular weight excluding hydrogens is 212 g/mol. The molecule has 1 saturated heterocycles. The van der Waals surface area contributed by atoms with Gasteiger partial charge in [-0.1, -0.05) is 38.1 Å². The predicted molar refractivity (Wildman–Crippen MR) is 68.2 cm³/mol. The largest absolute Gasteiger partial charge is 0.381 e. The average Bonchev–Trinajstić information content (AvgIpc) is 2.82. The highest BCUT2D eigenvalue weighted by molar-refractivity contribution is 5.98. The fourth-order valence-corrected chi connectivity index (χ4v) is 2.25. The molecule has 0 N–H and O–H groups in total. The third-order valence-corrected chi connectivity index (χ3v) is 3.18. The third-order valence-electron chi connectivity index (χ3n) is 3.18. The van der Waals surface area contributed by atoms with Crippen LogP contribution < -0.4 is 0 Å². The number of Topliss-reactive ketones (excluding diaryl/α,β-unsaturated/α-hetero) is 1. The Balaban J connectivity index is 2.04. The number of hydrogen-bond donors (Lipinski definition) is 0. The van der Waals surface area contributed by atoms with E-state index < -0.39 is 0 Å². The monoisotopic (exact) mass is 232 g/mol. The SMILES string of the molecule is CC(C)Cc1ccc(C(=O)C2CCOC2)cc1. The second-order valence-electron chi connectivity index (χ2n) is 5.22. The first-order chi connectivity index (χ1) is 8.16. The van der Waals surface area contributed by atoms with E-state index in [1.54, 1.807) is 0 Å². The average molecular weight is 232 g/mol. The Hall–Kier alpha value is -1.15. The van der Waals surface area contributed by atoms with Gasteiger partial charge in [0, 0.05) is 18.1 Å². The topological polar surface area (TPSA) is 26.3 Å². The fourth-order valence-electron chi connectivity index (χ4n) is 2.25. The number of benzene rings is 1. The van der Waals surface area contributed by atoms with Crippen molar-refractivity contribution < 1.29 is 9.53 Å². The lowest BCUT2D eigenvalue weighted by Gasteiger charge is -2.08. The number of ether oxygens (including phenoxy) is 1. The summed E-state index contributed by atoms with van der Waals surface area (Å²) in [4.78, 5) is 12.1. The Morgan fingerprint density at radius 2 is 2.06 bits per heavy atom. The molecule has 0 amide bonds. The first kappa shape index (κ1) is 12.3. The van der Waals surface area contributed by atoms with E-state index in [-0.39, 0.29) is 11.7 Å². The van der Waals surface area contributed by atoms with Crippen molar-refractivity contribution in [2.24, 2.45) is 11.8 Å². The zero-order chi connectivity index (χ0) is 12.3. The lowest BCUT2D eigenvalue weighted by atomic mass is 9.95. The van der Waals surface area contributed by atoms with Gasteiger partial charge in [-0.25, -0.2) is 0 Å². The van der Waals surface area contributed by atoms with Crippen molar-refractivity contribution in [3.8, 4) is 0 Å². The summed E-state index contributed by atoms with van der Waals surface area (Å²) in [6.45, 7) is 5.72. The van der Waals surface area contributed by atoms with Crippen LogP contribution in [0.1, 0.15) is 36.2 Å². The lowest BCUT2D eigenvalue weighted by molar-refractivity contribution is 0.0900. The van der Waals surface area contributed by atoms with Crippen LogP contribution in [0.15, 0.2) is 24.3 Å². The molecule has 1 aliphatic heterocycles. The molecule has 1 aromatic rings. The molecule has 0 spiro atoms. The molecule has 2 nitrogen and oxygen atoms in total. The van der Waals surface area contributed by atoms with Crippen molar-refractivity contribution in [2.75, 3.05) is 13.2 Å². The summed E-state index contributed by atoms with van der Waals surface area (Å²) in [6, 6.07) is 8.06. The van der Waals surface area contributed by atoms with Gasteiger partial charge in [0.05, 0.1) is 6.61 Å². The highest BCUT2D eigenvalue weighted by Crippen LogP contribution is 2.19. The van der Waals surface area contributed by atoms with Crippen molar-refractivity contribution in [1.29, 1.82) is 0 Å². The van der Waals surface area contributed by atoms with Crippen LogP contribution in [0, 0.1) is 11.8 Å². The molecule has 0 saturated carbocycles. The van der Waals surface area contributed by atoms with Gasteiger partial charge in [-0.3, -0.25) is 4.79 Å². The lowest BCUT2D eigenvalue weighted by Crippen LogP contribution is -2.14. The van der Waals surface area contributed by atoms with E-state index in [9.17, 15) is 4.79 Å². The van der Waals surface area contributed by atoms with Crippen molar-refractivity contribution in [1.82, 2.24) is 0 Å². The van der Waals surface area contributed by atoms with Gasteiger partial charge >= 0.3 is 0 Å². The highest BCUT2D eigenvalue weighted by atomic mass is 16.5. The molecule has 2 heteroatoms. The summed E-state index contributed by atoms with van der Waals surface area (Å²) in [7, 11) is 0. The molecule has 2 rings (SSSR count). The quantitative estimate of drug-likeness (QED) is 0.746. The van der Waals surface area contributed by atoms with Gasteiger partial charge in [0.15, 0.2) is 5.78 Å². The maximum absolute atomic E-state index is 12.1. The molecule has 1 aliphatic rings. The van der Waals surface area contributed by atoms with Crippen molar-refractivity contribution in [3.05, 3.63) is 35.4 Å². The Morgan fingerprint density at radius 3 is 2.59 bits per heavy atom. The Labute approximate surface area is 103 Å². The minimum absolute atomic E-state index is 0.0750. The molecule has 1 fully saturated rings. The molecule has 17 heavy (non-hydrogen) atoms. The summed E-state index contributed by atoms with van der Waals surface area (Å²) >= 11 is 0. The van der Waals surface area contributed by atoms with Gasteiger partial charge in [-0.05, 0) is 24.3 Å². The van der Waals surface area contributed by atoms with E-state index in [0.717, 1.165) is 25.0 Å². The maximum atomic E-state index is 12.1. The van der Waals surface area contributed by atoms with Crippen molar-refractivity contribution in [3.63, 3.8) is 0 Å². The molecule has 1 atom stereocenters. The summed E-state index contributed by atoms with van der Waals surface area (Å²) in [5, 5.41) is 0. The Bertz CT molecular complexity index is 372. The van der Waals surface area contributed by atoms with Crippen LogP contribution in [0.2, 0.25) is 0 Å². The van der Waals surface area contributed by atoms with Crippen LogP contribution in [0.3, 0.4) is 0 Å². The minimum atomic E-state index is 0.0750. The number of carbonyl (C=O) groups is 1. The molecule has 1 unspecified atom stereocenters. The zero-order valence-corrected chi connectivity index (χ0v) is 10.6. The van der Waals surface area contributed by atoms with E-state index in [4.69, 9.17) is 4.74 Å². The third kappa shape index (κ3) is 3.16. The van der Waals surface area contributed by atoms with Crippen molar-refractivity contribution in [2.45, 2.75) is 26.7 Å². The second-order valence-corrected chi connectivity index (χ2v) is 5.22. The van der Waals surface area contributed by atoms with Gasteiger partial charge in [0.2, 0.25) is 0 Å². The van der Waals surface area contributed by atoms with Crippen molar-refractivity contribution >= 4 is 5.78 Å². The first-order valence-electron chi connectivity index (χ1n) is 6.37. The molecule has 92 valence electrons. The van der Waals surface area contributed by atoms with Gasteiger partial charge < -0.3 is 4.74 Å². The summed E-state index contributed by atoms with van der Waals surface area (Å²) in [6.07, 6.45) is 1.94. The molecular formula is C15H20O2. The highest BCUT2D eigenvalue weighted by Gasteiger charge is 2.24. The van der Waals surface area contributed by atoms with Crippen LogP contribution in [0.25, 0.3) is 0 Å². The summed E-state index contributed by atoms with van der Waals surface area (Å²) in [5.74, 6) is 0.962. The van der Waals surface area contributed by atoms with Crippen LogP contribution in [-0.4, -0.2) is 19.0 Å². The maximum Gasteiger partial charge on any atom is 0.168 e. The molecule has 0 radical (unpaired) electrons. The standard InChI is InChI=1S/C15H20O2/c1-11(2)9-12-3-5-13(6-4-12)15(16)14-7-8-17-10-14/h3-6,11,14H,7-10H2,1-2H3. The number of hydrogen-bond acceptors (Lipinski definition) is 2. The van der Waals surface area contributed by atoms with Gasteiger partial charge in [-0.15, -0.1) is 0 Å². The van der Waals surface area contributed by atoms with E-state index in [1.165, 1.54) is 5.56 Å². The van der Waals surface area contributed by atoms with E-state index in [1.807, 2.05) is 12.1 Å². The Morgan fingerprint density at radius 1 is 1.35 bits per heavy atom. The molecule has 1 heterocycles. The first-order valence-corrected chi connectivity index (χ1v) is 6.37. The number of ketones is 1. The zero-order valence-electron chi connectivity index (χ0n) is 10.6. The van der Waals surface area contributed by atoms with Gasteiger partial charge in [0.1, 0.15) is 0 Å². The van der Waals surface area contributed by atoms with E-state index in [0.29, 0.717) is 12.5 Å². The normalized spacial score (nSPS) is 19.8. The Kier molecular flexibility index (Phi) is 3.95. The fraction of sp³-hybridized carbons (Fsp3) is 0.533. The van der Waals surface area contributed by atoms with E-state index >= 15 is 0 Å². The second kappa shape index (κ2) is 5.46. The summed E-state index contributed by atoms with van der Waals surface area (Å²) < 4.78 is 5.26. The van der Waals surface area contributed by atoms with Gasteiger partial charge in [0.25, 0.3) is 0 Å². The van der Waals surface area contributed by atoms with Gasteiger partial charge in [-0.2, -0.15) is 0 Å². The number of carbonyl (C=O) groups excluding carboxylic acids is 1. The van der Waals surface area contributed by atoms with Crippen LogP contribution >= 0.6 is 0 Å². The molecule has 0 aromatic heterocycles. The predicted octanol–water partition coefficient (Wildman–Crippen LogP) is 3.10. The number of rotatable bonds is 4. The summed E-state index contributed by atoms with van der Waals surface area (Å²) in [5.41, 5.74) is 2.13.